The van der Waals surface area contributed by atoms with Crippen LogP contribution in [0.2, 0.25) is 0 Å². The first-order valence-corrected chi connectivity index (χ1v) is 5.82. The van der Waals surface area contributed by atoms with Crippen molar-refractivity contribution in [2.45, 2.75) is 25.7 Å². The van der Waals surface area contributed by atoms with Crippen molar-refractivity contribution in [1.82, 2.24) is 9.97 Å². The Hall–Kier alpha value is -1.77. The van der Waals surface area contributed by atoms with E-state index in [-0.39, 0.29) is 5.82 Å². The average Bonchev–Trinajstić information content (AvgIpc) is 3.17. The van der Waals surface area contributed by atoms with Gasteiger partial charge in [-0.1, -0.05) is 6.07 Å². The lowest BCUT2D eigenvalue weighted by Crippen LogP contribution is -1.93. The molecule has 0 aliphatic heterocycles. The molecule has 0 bridgehead atoms. The molecule has 17 heavy (non-hydrogen) atoms. The van der Waals surface area contributed by atoms with E-state index in [1.54, 1.807) is 12.4 Å². The molecule has 1 aromatic heterocycles. The maximum atomic E-state index is 13.3. The molecule has 1 aliphatic rings. The van der Waals surface area contributed by atoms with Crippen LogP contribution in [0.15, 0.2) is 30.6 Å². The van der Waals surface area contributed by atoms with E-state index in [4.69, 9.17) is 0 Å². The molecule has 1 heterocycles. The molecule has 1 fully saturated rings. The monoisotopic (exact) mass is 228 g/mol. The van der Waals surface area contributed by atoms with E-state index in [2.05, 4.69) is 9.97 Å². The topological polar surface area (TPSA) is 25.8 Å². The Balaban J connectivity index is 2.07. The Morgan fingerprint density at radius 1 is 1.18 bits per heavy atom. The lowest BCUT2D eigenvalue weighted by molar-refractivity contribution is 0.628. The highest BCUT2D eigenvalue weighted by molar-refractivity contribution is 5.63. The predicted molar refractivity (Wildman–Crippen MR) is 64.1 cm³/mol. The second-order valence-electron chi connectivity index (χ2n) is 4.56. The Morgan fingerprint density at radius 2 is 2.00 bits per heavy atom. The van der Waals surface area contributed by atoms with Crippen LogP contribution in [0.4, 0.5) is 4.39 Å². The molecule has 0 saturated heterocycles. The molecule has 3 rings (SSSR count). The summed E-state index contributed by atoms with van der Waals surface area (Å²) in [7, 11) is 0. The van der Waals surface area contributed by atoms with E-state index in [1.807, 2.05) is 13.0 Å². The number of aryl methyl sites for hydroxylation is 1. The van der Waals surface area contributed by atoms with Gasteiger partial charge in [-0.25, -0.2) is 14.4 Å². The first-order valence-electron chi connectivity index (χ1n) is 5.82. The Labute approximate surface area is 99.5 Å². The van der Waals surface area contributed by atoms with Crippen molar-refractivity contribution < 1.29 is 4.39 Å². The summed E-state index contributed by atoms with van der Waals surface area (Å²) in [5, 5.41) is 0. The van der Waals surface area contributed by atoms with Crippen molar-refractivity contribution in [3.8, 4) is 11.3 Å². The van der Waals surface area contributed by atoms with Crippen molar-refractivity contribution in [2.75, 3.05) is 0 Å². The zero-order valence-corrected chi connectivity index (χ0v) is 9.65. The molecule has 1 saturated carbocycles. The van der Waals surface area contributed by atoms with Crippen LogP contribution in [0, 0.1) is 12.7 Å². The van der Waals surface area contributed by atoms with Gasteiger partial charge in [-0.3, -0.25) is 0 Å². The smallest absolute Gasteiger partial charge is 0.123 e. The summed E-state index contributed by atoms with van der Waals surface area (Å²) in [6.07, 6.45) is 3.99. The van der Waals surface area contributed by atoms with Gasteiger partial charge in [-0.15, -0.1) is 0 Å². The minimum atomic E-state index is -0.225. The first kappa shape index (κ1) is 10.4. The molecule has 0 radical (unpaired) electrons. The van der Waals surface area contributed by atoms with E-state index in [0.717, 1.165) is 22.5 Å². The molecule has 0 N–H and O–H groups in total. The van der Waals surface area contributed by atoms with Crippen LogP contribution in [0.25, 0.3) is 11.3 Å². The van der Waals surface area contributed by atoms with Crippen LogP contribution in [-0.4, -0.2) is 9.97 Å². The molecule has 0 amide bonds. The van der Waals surface area contributed by atoms with Gasteiger partial charge in [0.05, 0.1) is 5.69 Å². The Kier molecular flexibility index (Phi) is 2.39. The molecule has 0 spiro atoms. The third-order valence-corrected chi connectivity index (χ3v) is 3.16. The van der Waals surface area contributed by atoms with Crippen molar-refractivity contribution in [3.05, 3.63) is 47.7 Å². The van der Waals surface area contributed by atoms with Gasteiger partial charge in [-0.05, 0) is 43.5 Å². The molecule has 1 aromatic carbocycles. The van der Waals surface area contributed by atoms with Crippen molar-refractivity contribution in [2.24, 2.45) is 0 Å². The fourth-order valence-electron chi connectivity index (χ4n) is 1.99. The molecule has 86 valence electrons. The minimum absolute atomic E-state index is 0.225. The zero-order valence-electron chi connectivity index (χ0n) is 9.65. The highest BCUT2D eigenvalue weighted by Crippen LogP contribution is 2.39. The van der Waals surface area contributed by atoms with E-state index in [0.29, 0.717) is 5.92 Å². The molecule has 2 aromatic rings. The minimum Gasteiger partial charge on any atom is -0.241 e. The second-order valence-corrected chi connectivity index (χ2v) is 4.56. The van der Waals surface area contributed by atoms with Gasteiger partial charge in [0.2, 0.25) is 0 Å². The highest BCUT2D eigenvalue weighted by atomic mass is 19.1. The number of rotatable bonds is 2. The van der Waals surface area contributed by atoms with E-state index in [9.17, 15) is 4.39 Å². The zero-order chi connectivity index (χ0) is 11.8. The summed E-state index contributed by atoms with van der Waals surface area (Å²) < 4.78 is 13.3. The van der Waals surface area contributed by atoms with E-state index in [1.165, 1.54) is 25.0 Å². The summed E-state index contributed by atoms with van der Waals surface area (Å²) in [5.41, 5.74) is 3.79. The number of aromatic nitrogens is 2. The maximum absolute atomic E-state index is 13.3. The number of hydrogen-bond acceptors (Lipinski definition) is 2. The van der Waals surface area contributed by atoms with Crippen LogP contribution in [0.1, 0.15) is 30.0 Å². The van der Waals surface area contributed by atoms with Crippen molar-refractivity contribution in [1.29, 1.82) is 0 Å². The van der Waals surface area contributed by atoms with Crippen LogP contribution < -0.4 is 0 Å². The van der Waals surface area contributed by atoms with Crippen LogP contribution in [-0.2, 0) is 0 Å². The lowest BCUT2D eigenvalue weighted by atomic mass is 10.0. The maximum Gasteiger partial charge on any atom is 0.123 e. The van der Waals surface area contributed by atoms with Crippen LogP contribution in [0.3, 0.4) is 0 Å². The van der Waals surface area contributed by atoms with Gasteiger partial charge in [0.1, 0.15) is 12.1 Å². The average molecular weight is 228 g/mol. The third-order valence-electron chi connectivity index (χ3n) is 3.16. The molecular weight excluding hydrogens is 215 g/mol. The lowest BCUT2D eigenvalue weighted by Gasteiger charge is -2.06. The van der Waals surface area contributed by atoms with Gasteiger partial charge in [-0.2, -0.15) is 0 Å². The normalized spacial score (nSPS) is 14.9. The van der Waals surface area contributed by atoms with Gasteiger partial charge < -0.3 is 0 Å². The SMILES string of the molecule is Cc1ccc(F)cc1-c1cc(C2CC2)ncn1. The Morgan fingerprint density at radius 3 is 2.76 bits per heavy atom. The summed E-state index contributed by atoms with van der Waals surface area (Å²) in [6, 6.07) is 6.78. The number of halogens is 1. The van der Waals surface area contributed by atoms with Gasteiger partial charge in [0.15, 0.2) is 0 Å². The second kappa shape index (κ2) is 3.91. The largest absolute Gasteiger partial charge is 0.241 e. The number of nitrogens with zero attached hydrogens (tertiary/aromatic N) is 2. The molecular formula is C14H13FN2. The standard InChI is InChI=1S/C14H13FN2/c1-9-2-5-11(15)6-12(9)14-7-13(10-3-4-10)16-8-17-14/h2,5-8,10H,3-4H2,1H3. The van der Waals surface area contributed by atoms with Crippen LogP contribution >= 0.6 is 0 Å². The molecule has 1 aliphatic carbocycles. The molecule has 0 unspecified atom stereocenters. The summed E-state index contributed by atoms with van der Waals surface area (Å²) in [6.45, 7) is 1.97. The quantitative estimate of drug-likeness (QED) is 0.786. The predicted octanol–water partition coefficient (Wildman–Crippen LogP) is 3.47. The fourth-order valence-corrected chi connectivity index (χ4v) is 1.99. The summed E-state index contributed by atoms with van der Waals surface area (Å²) >= 11 is 0. The van der Waals surface area contributed by atoms with Gasteiger partial charge >= 0.3 is 0 Å². The highest BCUT2D eigenvalue weighted by Gasteiger charge is 2.25. The first-order chi connectivity index (χ1) is 8.24. The number of benzene rings is 1. The molecule has 3 heteroatoms. The Bertz CT molecular complexity index is 562. The van der Waals surface area contributed by atoms with E-state index >= 15 is 0 Å². The fraction of sp³-hybridized carbons (Fsp3) is 0.286. The van der Waals surface area contributed by atoms with Gasteiger partial charge in [0, 0.05) is 17.2 Å². The number of hydrogen-bond donors (Lipinski definition) is 0. The summed E-state index contributed by atoms with van der Waals surface area (Å²) in [4.78, 5) is 8.52. The molecule has 2 nitrogen and oxygen atoms in total. The molecule has 0 atom stereocenters. The van der Waals surface area contributed by atoms with Crippen LogP contribution in [0.5, 0.6) is 0 Å². The summed E-state index contributed by atoms with van der Waals surface area (Å²) in [5.74, 6) is 0.364. The van der Waals surface area contributed by atoms with Crippen molar-refractivity contribution in [3.63, 3.8) is 0 Å². The van der Waals surface area contributed by atoms with Crippen molar-refractivity contribution >= 4 is 0 Å². The van der Waals surface area contributed by atoms with E-state index < -0.39 is 0 Å². The third kappa shape index (κ3) is 2.05. The van der Waals surface area contributed by atoms with Gasteiger partial charge in [0.25, 0.3) is 0 Å².